The number of nitrogens with zero attached hydrogens (tertiary/aromatic N) is 2. The van der Waals surface area contributed by atoms with Crippen molar-refractivity contribution >= 4 is 11.3 Å². The highest BCUT2D eigenvalue weighted by Crippen LogP contribution is 2.09. The Morgan fingerprint density at radius 3 is 3.15 bits per heavy atom. The van der Waals surface area contributed by atoms with Gasteiger partial charge >= 0.3 is 0 Å². The zero-order chi connectivity index (χ0) is 9.26. The Bertz CT molecular complexity index is 418. The standard InChI is InChI=1S/C9H12N4/c1-11-4-8-5-12-9-3-2-7(10)6-13(8)9/h2-3,5-6,11H,4,10H2,1H3. The number of fused-ring (bicyclic) bond motifs is 1. The van der Waals surface area contributed by atoms with Crippen LogP contribution in [0.5, 0.6) is 0 Å². The number of nitrogen functional groups attached to an aromatic ring is 1. The third kappa shape index (κ3) is 1.36. The summed E-state index contributed by atoms with van der Waals surface area (Å²) in [7, 11) is 1.91. The number of imidazole rings is 1. The number of nitrogens with two attached hydrogens (primary N) is 1. The number of hydrogen-bond donors (Lipinski definition) is 2. The Hall–Kier alpha value is -1.55. The van der Waals surface area contributed by atoms with Gasteiger partial charge in [0, 0.05) is 18.4 Å². The molecule has 0 radical (unpaired) electrons. The molecule has 68 valence electrons. The van der Waals surface area contributed by atoms with E-state index in [-0.39, 0.29) is 0 Å². The minimum Gasteiger partial charge on any atom is -0.398 e. The molecule has 0 aliphatic rings. The third-order valence-electron chi connectivity index (χ3n) is 1.96. The van der Waals surface area contributed by atoms with E-state index in [1.165, 1.54) is 0 Å². The highest BCUT2D eigenvalue weighted by atomic mass is 15.0. The van der Waals surface area contributed by atoms with Crippen molar-refractivity contribution in [1.82, 2.24) is 14.7 Å². The average Bonchev–Trinajstić information content (AvgIpc) is 2.49. The van der Waals surface area contributed by atoms with Gasteiger partial charge in [0.2, 0.25) is 0 Å². The van der Waals surface area contributed by atoms with Gasteiger partial charge in [0.05, 0.1) is 11.9 Å². The van der Waals surface area contributed by atoms with Crippen LogP contribution in [0.1, 0.15) is 5.69 Å². The van der Waals surface area contributed by atoms with Crippen LogP contribution in [0.4, 0.5) is 5.69 Å². The third-order valence-corrected chi connectivity index (χ3v) is 1.96. The van der Waals surface area contributed by atoms with Crippen LogP contribution < -0.4 is 11.1 Å². The van der Waals surface area contributed by atoms with Gasteiger partial charge in [-0.3, -0.25) is 0 Å². The smallest absolute Gasteiger partial charge is 0.137 e. The first-order valence-electron chi connectivity index (χ1n) is 4.17. The summed E-state index contributed by atoms with van der Waals surface area (Å²) >= 11 is 0. The fourth-order valence-corrected chi connectivity index (χ4v) is 1.36. The van der Waals surface area contributed by atoms with Gasteiger partial charge in [0.25, 0.3) is 0 Å². The van der Waals surface area contributed by atoms with Crippen LogP contribution in [-0.2, 0) is 6.54 Å². The average molecular weight is 176 g/mol. The summed E-state index contributed by atoms with van der Waals surface area (Å²) in [6.45, 7) is 0.796. The number of hydrogen-bond acceptors (Lipinski definition) is 3. The lowest BCUT2D eigenvalue weighted by Gasteiger charge is -2.01. The van der Waals surface area contributed by atoms with E-state index in [1.807, 2.05) is 36.0 Å². The molecule has 3 N–H and O–H groups in total. The number of aromatic nitrogens is 2. The quantitative estimate of drug-likeness (QED) is 0.706. The SMILES string of the molecule is CNCc1cnc2ccc(N)cn12. The molecule has 4 heteroatoms. The molecule has 2 rings (SSSR count). The van der Waals surface area contributed by atoms with Crippen LogP contribution in [0.3, 0.4) is 0 Å². The lowest BCUT2D eigenvalue weighted by atomic mass is 10.4. The van der Waals surface area contributed by atoms with Gasteiger partial charge in [-0.1, -0.05) is 0 Å². The molecule has 0 unspecified atom stereocenters. The Morgan fingerprint density at radius 1 is 1.54 bits per heavy atom. The van der Waals surface area contributed by atoms with E-state index in [2.05, 4.69) is 10.3 Å². The van der Waals surface area contributed by atoms with Crippen LogP contribution in [0.15, 0.2) is 24.5 Å². The van der Waals surface area contributed by atoms with Gasteiger partial charge in [-0.05, 0) is 19.2 Å². The van der Waals surface area contributed by atoms with Crippen LogP contribution in [-0.4, -0.2) is 16.4 Å². The Balaban J connectivity index is 2.58. The molecular formula is C9H12N4. The molecule has 0 fully saturated rings. The van der Waals surface area contributed by atoms with Crippen LogP contribution in [0, 0.1) is 0 Å². The first-order chi connectivity index (χ1) is 6.31. The maximum atomic E-state index is 5.68. The highest BCUT2D eigenvalue weighted by molar-refractivity contribution is 5.48. The second kappa shape index (κ2) is 3.06. The molecule has 4 nitrogen and oxygen atoms in total. The summed E-state index contributed by atoms with van der Waals surface area (Å²) < 4.78 is 1.99. The molecule has 2 heterocycles. The van der Waals surface area contributed by atoms with E-state index in [0.717, 1.165) is 23.6 Å². The Labute approximate surface area is 76.4 Å². The molecule has 0 aromatic carbocycles. The summed E-state index contributed by atoms with van der Waals surface area (Å²) in [6, 6.07) is 3.76. The van der Waals surface area contributed by atoms with Gasteiger partial charge in [-0.2, -0.15) is 0 Å². The molecule has 0 amide bonds. The van der Waals surface area contributed by atoms with Gasteiger partial charge in [-0.15, -0.1) is 0 Å². The molecule has 0 aliphatic heterocycles. The number of anilines is 1. The molecule has 0 aliphatic carbocycles. The number of rotatable bonds is 2. The molecule has 0 atom stereocenters. The van der Waals surface area contributed by atoms with Gasteiger partial charge in [0.15, 0.2) is 0 Å². The Kier molecular flexibility index (Phi) is 1.90. The number of pyridine rings is 1. The first-order valence-corrected chi connectivity index (χ1v) is 4.17. The van der Waals surface area contributed by atoms with Gasteiger partial charge < -0.3 is 15.5 Å². The predicted octanol–water partition coefficient (Wildman–Crippen LogP) is 0.636. The van der Waals surface area contributed by atoms with Crippen molar-refractivity contribution in [3.05, 3.63) is 30.2 Å². The first kappa shape index (κ1) is 8.07. The second-order valence-electron chi connectivity index (χ2n) is 2.97. The lowest BCUT2D eigenvalue weighted by Crippen LogP contribution is -2.07. The molecular weight excluding hydrogens is 164 g/mol. The fourth-order valence-electron chi connectivity index (χ4n) is 1.36. The number of nitrogens with one attached hydrogen (secondary N) is 1. The Morgan fingerprint density at radius 2 is 2.38 bits per heavy atom. The molecule has 0 saturated heterocycles. The second-order valence-corrected chi connectivity index (χ2v) is 2.97. The topological polar surface area (TPSA) is 55.3 Å². The van der Waals surface area contributed by atoms with Gasteiger partial charge in [0.1, 0.15) is 5.65 Å². The van der Waals surface area contributed by atoms with Crippen molar-refractivity contribution in [2.24, 2.45) is 0 Å². The van der Waals surface area contributed by atoms with E-state index >= 15 is 0 Å². The van der Waals surface area contributed by atoms with Crippen molar-refractivity contribution in [2.75, 3.05) is 12.8 Å². The molecule has 13 heavy (non-hydrogen) atoms. The molecule has 0 saturated carbocycles. The van der Waals surface area contributed by atoms with Crippen molar-refractivity contribution in [3.8, 4) is 0 Å². The normalized spacial score (nSPS) is 10.8. The van der Waals surface area contributed by atoms with Crippen molar-refractivity contribution < 1.29 is 0 Å². The predicted molar refractivity (Wildman–Crippen MR) is 52.4 cm³/mol. The zero-order valence-corrected chi connectivity index (χ0v) is 7.49. The van der Waals surface area contributed by atoms with Crippen LogP contribution in [0.25, 0.3) is 5.65 Å². The zero-order valence-electron chi connectivity index (χ0n) is 7.49. The van der Waals surface area contributed by atoms with Crippen molar-refractivity contribution in [2.45, 2.75) is 6.54 Å². The van der Waals surface area contributed by atoms with Crippen molar-refractivity contribution in [3.63, 3.8) is 0 Å². The van der Waals surface area contributed by atoms with E-state index in [9.17, 15) is 0 Å². The van der Waals surface area contributed by atoms with E-state index in [0.29, 0.717) is 0 Å². The minimum atomic E-state index is 0.753. The summed E-state index contributed by atoms with van der Waals surface area (Å²) in [5, 5.41) is 3.08. The van der Waals surface area contributed by atoms with Crippen molar-refractivity contribution in [1.29, 1.82) is 0 Å². The molecule has 0 bridgehead atoms. The highest BCUT2D eigenvalue weighted by Gasteiger charge is 2.00. The monoisotopic (exact) mass is 176 g/mol. The molecule has 2 aromatic heterocycles. The summed E-state index contributed by atoms with van der Waals surface area (Å²) in [4.78, 5) is 4.25. The summed E-state index contributed by atoms with van der Waals surface area (Å²) in [6.07, 6.45) is 3.74. The van der Waals surface area contributed by atoms with Crippen LogP contribution >= 0.6 is 0 Å². The fraction of sp³-hybridized carbons (Fsp3) is 0.222. The largest absolute Gasteiger partial charge is 0.398 e. The minimum absolute atomic E-state index is 0.753. The maximum absolute atomic E-state index is 5.68. The van der Waals surface area contributed by atoms with Crippen LogP contribution in [0.2, 0.25) is 0 Å². The van der Waals surface area contributed by atoms with E-state index < -0.39 is 0 Å². The van der Waals surface area contributed by atoms with E-state index in [1.54, 1.807) is 0 Å². The molecule has 2 aromatic rings. The van der Waals surface area contributed by atoms with E-state index in [4.69, 9.17) is 5.73 Å². The summed E-state index contributed by atoms with van der Waals surface area (Å²) in [5.41, 5.74) is 8.48. The molecule has 0 spiro atoms. The van der Waals surface area contributed by atoms with Gasteiger partial charge in [-0.25, -0.2) is 4.98 Å². The lowest BCUT2D eigenvalue weighted by molar-refractivity contribution is 0.782. The maximum Gasteiger partial charge on any atom is 0.137 e. The summed E-state index contributed by atoms with van der Waals surface area (Å²) in [5.74, 6) is 0.